The van der Waals surface area contributed by atoms with Gasteiger partial charge in [-0.3, -0.25) is 4.99 Å². The summed E-state index contributed by atoms with van der Waals surface area (Å²) in [4.78, 5) is 17.8. The number of aliphatic imine (C=N–C) groups is 2. The Morgan fingerprint density at radius 2 is 1.92 bits per heavy atom. The average molecular weight is 531 g/mol. The molecule has 1 spiro atoms. The first-order valence-electron chi connectivity index (χ1n) is 12.5. The Hall–Kier alpha value is -3.95. The number of aromatic nitrogens is 2. The highest BCUT2D eigenvalue weighted by Crippen LogP contribution is 2.33. The van der Waals surface area contributed by atoms with E-state index in [2.05, 4.69) is 30.6 Å². The molecule has 0 amide bonds. The summed E-state index contributed by atoms with van der Waals surface area (Å²) in [5.74, 6) is 1.24. The van der Waals surface area contributed by atoms with Gasteiger partial charge in [-0.25, -0.2) is 15.0 Å². The highest BCUT2D eigenvalue weighted by molar-refractivity contribution is 6.32. The molecular weight excluding hydrogens is 504 g/mol. The zero-order chi connectivity index (χ0) is 26.0. The summed E-state index contributed by atoms with van der Waals surface area (Å²) in [5.41, 5.74) is 4.10. The maximum absolute atomic E-state index is 6.54. The molecule has 194 valence electrons. The first-order chi connectivity index (χ1) is 18.6. The molecule has 9 nitrogen and oxygen atoms in total. The van der Waals surface area contributed by atoms with Crippen LogP contribution in [0.15, 0.2) is 76.6 Å². The topological polar surface area (TPSA) is 102 Å². The number of fused-ring (bicyclic) bond motifs is 1. The smallest absolute Gasteiger partial charge is 0.289 e. The molecule has 38 heavy (non-hydrogen) atoms. The van der Waals surface area contributed by atoms with Gasteiger partial charge in [0.05, 0.1) is 36.0 Å². The normalized spacial score (nSPS) is 18.9. The van der Waals surface area contributed by atoms with Gasteiger partial charge in [-0.15, -0.1) is 0 Å². The SMILES string of the molecule is C/C=C1\C=CN=C1COc1ccc(Nc2ncnc3ccc(NC4=NCC5(CCOCC5)O4)cc23)cc1Cl. The Kier molecular flexibility index (Phi) is 6.70. The van der Waals surface area contributed by atoms with Crippen molar-refractivity contribution in [2.24, 2.45) is 9.98 Å². The van der Waals surface area contributed by atoms with Gasteiger partial charge in [0.1, 0.15) is 30.1 Å². The monoisotopic (exact) mass is 530 g/mol. The Morgan fingerprint density at radius 1 is 1.08 bits per heavy atom. The van der Waals surface area contributed by atoms with E-state index >= 15 is 0 Å². The van der Waals surface area contributed by atoms with Gasteiger partial charge >= 0.3 is 0 Å². The van der Waals surface area contributed by atoms with Gasteiger partial charge in [-0.1, -0.05) is 17.7 Å². The van der Waals surface area contributed by atoms with Crippen molar-refractivity contribution in [1.29, 1.82) is 0 Å². The van der Waals surface area contributed by atoms with Crippen LogP contribution in [0.2, 0.25) is 5.02 Å². The van der Waals surface area contributed by atoms with Crippen LogP contribution in [0.1, 0.15) is 19.8 Å². The third kappa shape index (κ3) is 5.07. The summed E-state index contributed by atoms with van der Waals surface area (Å²) in [6, 6.07) is 11.9. The van der Waals surface area contributed by atoms with Crippen molar-refractivity contribution in [2.75, 3.05) is 37.0 Å². The van der Waals surface area contributed by atoms with Crippen LogP contribution in [0.3, 0.4) is 0 Å². The summed E-state index contributed by atoms with van der Waals surface area (Å²) in [7, 11) is 0. The number of anilines is 3. The number of hydrogen-bond acceptors (Lipinski definition) is 9. The molecule has 10 heteroatoms. The van der Waals surface area contributed by atoms with E-state index in [0.717, 1.165) is 46.4 Å². The van der Waals surface area contributed by atoms with Crippen molar-refractivity contribution >= 4 is 51.4 Å². The summed E-state index contributed by atoms with van der Waals surface area (Å²) < 4.78 is 17.6. The molecular formula is C28H27ClN6O3. The van der Waals surface area contributed by atoms with Crippen molar-refractivity contribution < 1.29 is 14.2 Å². The van der Waals surface area contributed by atoms with E-state index in [9.17, 15) is 0 Å². The quantitative estimate of drug-likeness (QED) is 0.423. The summed E-state index contributed by atoms with van der Waals surface area (Å²) in [6.07, 6.45) is 8.95. The predicted octanol–water partition coefficient (Wildman–Crippen LogP) is 5.67. The minimum atomic E-state index is -0.251. The van der Waals surface area contributed by atoms with Crippen LogP contribution in [0, 0.1) is 0 Å². The lowest BCUT2D eigenvalue weighted by molar-refractivity contribution is -0.0361. The van der Waals surface area contributed by atoms with E-state index in [4.69, 9.17) is 25.8 Å². The van der Waals surface area contributed by atoms with Crippen molar-refractivity contribution in [3.8, 4) is 5.75 Å². The zero-order valence-corrected chi connectivity index (χ0v) is 21.7. The molecule has 3 aromatic rings. The van der Waals surface area contributed by atoms with E-state index in [1.165, 1.54) is 6.33 Å². The Balaban J connectivity index is 1.16. The lowest BCUT2D eigenvalue weighted by Crippen LogP contribution is -2.40. The zero-order valence-electron chi connectivity index (χ0n) is 20.9. The van der Waals surface area contributed by atoms with Gasteiger partial charge in [0.25, 0.3) is 6.02 Å². The fourth-order valence-corrected chi connectivity index (χ4v) is 4.89. The molecule has 0 unspecified atom stereocenters. The third-order valence-corrected chi connectivity index (χ3v) is 7.10. The Labute approximate surface area is 225 Å². The lowest BCUT2D eigenvalue weighted by atomic mass is 9.95. The number of nitrogens with one attached hydrogen (secondary N) is 2. The summed E-state index contributed by atoms with van der Waals surface area (Å²) in [5, 5.41) is 8.00. The first-order valence-corrected chi connectivity index (χ1v) is 12.9. The van der Waals surface area contributed by atoms with Gasteiger partial charge in [0.2, 0.25) is 0 Å². The van der Waals surface area contributed by atoms with E-state index in [0.29, 0.717) is 49.0 Å². The van der Waals surface area contributed by atoms with E-state index < -0.39 is 0 Å². The van der Waals surface area contributed by atoms with Gasteiger partial charge in [-0.05, 0) is 55.0 Å². The van der Waals surface area contributed by atoms with E-state index in [1.54, 1.807) is 6.20 Å². The molecule has 1 saturated heterocycles. The maximum atomic E-state index is 6.54. The molecule has 2 aromatic carbocycles. The molecule has 1 aromatic heterocycles. The van der Waals surface area contributed by atoms with E-state index in [-0.39, 0.29) is 5.60 Å². The highest BCUT2D eigenvalue weighted by atomic mass is 35.5. The number of amidine groups is 1. The van der Waals surface area contributed by atoms with Crippen LogP contribution in [0.25, 0.3) is 10.9 Å². The van der Waals surface area contributed by atoms with Gasteiger partial charge in [-0.2, -0.15) is 0 Å². The number of ether oxygens (including phenoxy) is 3. The number of hydrogen-bond donors (Lipinski definition) is 2. The van der Waals surface area contributed by atoms with Crippen LogP contribution in [-0.2, 0) is 9.47 Å². The Morgan fingerprint density at radius 3 is 2.76 bits per heavy atom. The fourth-order valence-electron chi connectivity index (χ4n) is 4.65. The molecule has 0 atom stereocenters. The first kappa shape index (κ1) is 24.4. The molecule has 1 fully saturated rings. The average Bonchev–Trinajstić information content (AvgIpc) is 3.55. The number of benzene rings is 2. The predicted molar refractivity (Wildman–Crippen MR) is 150 cm³/mol. The molecule has 3 aliphatic rings. The fraction of sp³-hybridized carbons (Fsp3) is 0.286. The van der Waals surface area contributed by atoms with Crippen molar-refractivity contribution in [2.45, 2.75) is 25.4 Å². The van der Waals surface area contributed by atoms with E-state index in [1.807, 2.05) is 55.5 Å². The molecule has 0 saturated carbocycles. The largest absolute Gasteiger partial charge is 0.486 e. The van der Waals surface area contributed by atoms with Crippen LogP contribution in [0.5, 0.6) is 5.75 Å². The van der Waals surface area contributed by atoms with Gasteiger partial charge in [0, 0.05) is 35.8 Å². The number of allylic oxidation sites excluding steroid dienone is 2. The van der Waals surface area contributed by atoms with Crippen molar-refractivity contribution in [3.05, 3.63) is 71.7 Å². The molecule has 4 heterocycles. The number of rotatable bonds is 6. The minimum absolute atomic E-state index is 0.251. The summed E-state index contributed by atoms with van der Waals surface area (Å²) in [6.45, 7) is 4.36. The van der Waals surface area contributed by atoms with Gasteiger partial charge in [0.15, 0.2) is 0 Å². The molecule has 2 N–H and O–H groups in total. The second-order valence-corrected chi connectivity index (χ2v) is 9.70. The third-order valence-electron chi connectivity index (χ3n) is 6.80. The summed E-state index contributed by atoms with van der Waals surface area (Å²) >= 11 is 6.54. The lowest BCUT2D eigenvalue weighted by Gasteiger charge is -2.31. The molecule has 3 aliphatic heterocycles. The second kappa shape index (κ2) is 10.4. The number of nitrogens with zero attached hydrogens (tertiary/aromatic N) is 4. The second-order valence-electron chi connectivity index (χ2n) is 9.29. The van der Waals surface area contributed by atoms with Crippen molar-refractivity contribution in [3.63, 3.8) is 0 Å². The highest BCUT2D eigenvalue weighted by Gasteiger charge is 2.39. The maximum Gasteiger partial charge on any atom is 0.289 e. The van der Waals surface area contributed by atoms with Crippen molar-refractivity contribution in [1.82, 2.24) is 9.97 Å². The van der Waals surface area contributed by atoms with Crippen LogP contribution < -0.4 is 15.4 Å². The van der Waals surface area contributed by atoms with Crippen LogP contribution in [0.4, 0.5) is 17.2 Å². The molecule has 0 bridgehead atoms. The van der Waals surface area contributed by atoms with Crippen LogP contribution >= 0.6 is 11.6 Å². The Bertz CT molecular complexity index is 1490. The molecule has 0 aliphatic carbocycles. The molecule has 6 rings (SSSR count). The molecule has 0 radical (unpaired) electrons. The minimum Gasteiger partial charge on any atom is -0.486 e. The standard InChI is InChI=1S/C28H27ClN6O3/c1-2-18-7-10-30-24(18)15-37-25-6-4-20(14-22(25)29)34-26-21-13-19(3-5-23(21)32-17-33-26)35-27-31-16-28(38-27)8-11-36-12-9-28/h2-7,10,13-14,17H,8-9,11-12,15-16H2,1H3,(H,31,35)(H,32,33,34)/b18-2+. The number of halogens is 1. The van der Waals surface area contributed by atoms with Gasteiger partial charge < -0.3 is 24.8 Å². The van der Waals surface area contributed by atoms with Crippen LogP contribution in [-0.4, -0.2) is 53.7 Å².